The molecule has 0 fully saturated rings. The molecule has 6 nitrogen and oxygen atoms in total. The maximum atomic E-state index is 12.5. The van der Waals surface area contributed by atoms with Crippen molar-refractivity contribution < 1.29 is 13.2 Å². The number of benzene rings is 1. The molecule has 0 bridgehead atoms. The first kappa shape index (κ1) is 15.4. The third-order valence-corrected chi connectivity index (χ3v) is 4.34. The molecule has 2 N–H and O–H groups in total. The summed E-state index contributed by atoms with van der Waals surface area (Å²) in [7, 11) is -0.772. The highest BCUT2D eigenvalue weighted by molar-refractivity contribution is 7.92. The molecule has 0 atom stereocenters. The molecule has 0 aliphatic carbocycles. The maximum Gasteiger partial charge on any atom is 0.265 e. The van der Waals surface area contributed by atoms with Crippen molar-refractivity contribution in [3.63, 3.8) is 0 Å². The van der Waals surface area contributed by atoms with E-state index in [0.29, 0.717) is 10.8 Å². The van der Waals surface area contributed by atoms with Crippen LogP contribution < -0.4 is 14.8 Å². The first-order valence-corrected chi connectivity index (χ1v) is 7.83. The molecule has 0 radical (unpaired) electrons. The van der Waals surface area contributed by atoms with E-state index in [1.165, 1.54) is 25.4 Å². The van der Waals surface area contributed by atoms with Crippen LogP contribution >= 0.6 is 11.6 Å². The monoisotopic (exact) mass is 327 g/mol. The smallest absolute Gasteiger partial charge is 0.265 e. The summed E-state index contributed by atoms with van der Waals surface area (Å²) in [5.74, 6) is 0.629. The van der Waals surface area contributed by atoms with Crippen LogP contribution in [0.15, 0.2) is 41.4 Å². The summed E-state index contributed by atoms with van der Waals surface area (Å²) < 4.78 is 32.5. The van der Waals surface area contributed by atoms with Gasteiger partial charge in [0.2, 0.25) is 0 Å². The SMILES string of the molecule is CNc1ncccc1S(=O)(=O)Nc1cc(Cl)ccc1OC. The molecule has 112 valence electrons. The van der Waals surface area contributed by atoms with E-state index in [0.717, 1.165) is 0 Å². The van der Waals surface area contributed by atoms with Crippen molar-refractivity contribution >= 4 is 33.1 Å². The normalized spacial score (nSPS) is 11.0. The third kappa shape index (κ3) is 3.37. The molecule has 0 saturated carbocycles. The number of nitrogens with one attached hydrogen (secondary N) is 2. The molecule has 0 aliphatic rings. The maximum absolute atomic E-state index is 12.5. The fraction of sp³-hybridized carbons (Fsp3) is 0.154. The predicted molar refractivity (Wildman–Crippen MR) is 82.6 cm³/mol. The molecule has 1 aromatic heterocycles. The second-order valence-electron chi connectivity index (χ2n) is 4.05. The summed E-state index contributed by atoms with van der Waals surface area (Å²) in [4.78, 5) is 4.01. The fourth-order valence-corrected chi connectivity index (χ4v) is 3.15. The summed E-state index contributed by atoms with van der Waals surface area (Å²) in [6.07, 6.45) is 1.50. The van der Waals surface area contributed by atoms with Gasteiger partial charge in [0.25, 0.3) is 10.0 Å². The van der Waals surface area contributed by atoms with Gasteiger partial charge < -0.3 is 10.1 Å². The van der Waals surface area contributed by atoms with Gasteiger partial charge >= 0.3 is 0 Å². The number of sulfonamides is 1. The molecule has 1 aromatic carbocycles. The molecule has 0 aliphatic heterocycles. The summed E-state index contributed by atoms with van der Waals surface area (Å²) >= 11 is 5.89. The Morgan fingerprint density at radius 3 is 2.71 bits per heavy atom. The van der Waals surface area contributed by atoms with Gasteiger partial charge in [-0.3, -0.25) is 4.72 Å². The lowest BCUT2D eigenvalue weighted by Gasteiger charge is -2.13. The van der Waals surface area contributed by atoms with Gasteiger partial charge in [-0.15, -0.1) is 0 Å². The number of pyridine rings is 1. The number of hydrogen-bond donors (Lipinski definition) is 2. The first-order chi connectivity index (χ1) is 9.97. The van der Waals surface area contributed by atoms with Gasteiger partial charge in [0.05, 0.1) is 12.8 Å². The predicted octanol–water partition coefficient (Wildman–Crippen LogP) is 2.59. The minimum atomic E-state index is -3.82. The lowest BCUT2D eigenvalue weighted by Crippen LogP contribution is -2.16. The van der Waals surface area contributed by atoms with E-state index < -0.39 is 10.0 Å². The molecule has 2 rings (SSSR count). The Kier molecular flexibility index (Phi) is 4.54. The van der Waals surface area contributed by atoms with Crippen molar-refractivity contribution in [3.8, 4) is 5.75 Å². The van der Waals surface area contributed by atoms with Crippen LogP contribution in [0.2, 0.25) is 5.02 Å². The third-order valence-electron chi connectivity index (χ3n) is 2.70. The van der Waals surface area contributed by atoms with Gasteiger partial charge in [-0.25, -0.2) is 13.4 Å². The number of halogens is 1. The van der Waals surface area contributed by atoms with Crippen molar-refractivity contribution in [2.45, 2.75) is 4.90 Å². The van der Waals surface area contributed by atoms with Gasteiger partial charge in [0, 0.05) is 18.3 Å². The topological polar surface area (TPSA) is 80.3 Å². The number of aromatic nitrogens is 1. The standard InChI is InChI=1S/C13H14ClN3O3S/c1-15-13-12(4-3-7-16-13)21(18,19)17-10-8-9(14)5-6-11(10)20-2/h3-8,17H,1-2H3,(H,15,16). The second kappa shape index (κ2) is 6.19. The van der Waals surface area contributed by atoms with Crippen LogP contribution in [0.25, 0.3) is 0 Å². The van der Waals surface area contributed by atoms with E-state index >= 15 is 0 Å². The van der Waals surface area contributed by atoms with E-state index in [9.17, 15) is 8.42 Å². The Bertz CT molecular complexity index is 750. The average Bonchev–Trinajstić information content (AvgIpc) is 2.47. The first-order valence-electron chi connectivity index (χ1n) is 5.97. The summed E-state index contributed by atoms with van der Waals surface area (Å²) in [6, 6.07) is 7.68. The Hall–Kier alpha value is -1.99. The number of nitrogens with zero attached hydrogens (tertiary/aromatic N) is 1. The zero-order valence-corrected chi connectivity index (χ0v) is 13.0. The van der Waals surface area contributed by atoms with Gasteiger partial charge in [0.1, 0.15) is 16.5 Å². The highest BCUT2D eigenvalue weighted by Gasteiger charge is 2.20. The summed E-state index contributed by atoms with van der Waals surface area (Å²) in [5.41, 5.74) is 0.260. The zero-order valence-electron chi connectivity index (χ0n) is 11.4. The Labute approximate surface area is 128 Å². The Balaban J connectivity index is 2.45. The van der Waals surface area contributed by atoms with E-state index in [1.807, 2.05) is 0 Å². The van der Waals surface area contributed by atoms with E-state index in [4.69, 9.17) is 16.3 Å². The van der Waals surface area contributed by atoms with Crippen molar-refractivity contribution in [3.05, 3.63) is 41.6 Å². The number of anilines is 2. The van der Waals surface area contributed by atoms with Crippen LogP contribution in [0.3, 0.4) is 0 Å². The molecule has 21 heavy (non-hydrogen) atoms. The average molecular weight is 328 g/mol. The Morgan fingerprint density at radius 2 is 2.05 bits per heavy atom. The largest absolute Gasteiger partial charge is 0.495 e. The summed E-state index contributed by atoms with van der Waals surface area (Å²) in [5, 5.41) is 3.14. The molecule has 8 heteroatoms. The quantitative estimate of drug-likeness (QED) is 0.882. The van der Waals surface area contributed by atoms with Crippen LogP contribution in [0.1, 0.15) is 0 Å². The molecule has 0 unspecified atom stereocenters. The molecule has 0 spiro atoms. The second-order valence-corrected chi connectivity index (χ2v) is 6.14. The number of rotatable bonds is 5. The highest BCUT2D eigenvalue weighted by Crippen LogP contribution is 2.30. The Morgan fingerprint density at radius 1 is 1.29 bits per heavy atom. The minimum absolute atomic E-state index is 0.0366. The lowest BCUT2D eigenvalue weighted by molar-refractivity contribution is 0.417. The van der Waals surface area contributed by atoms with Gasteiger partial charge in [-0.2, -0.15) is 0 Å². The van der Waals surface area contributed by atoms with Crippen molar-refractivity contribution in [2.24, 2.45) is 0 Å². The van der Waals surface area contributed by atoms with Crippen LogP contribution in [0.4, 0.5) is 11.5 Å². The molecule has 2 aromatic rings. The van der Waals surface area contributed by atoms with Crippen molar-refractivity contribution in [2.75, 3.05) is 24.2 Å². The number of ether oxygens (including phenoxy) is 1. The number of methoxy groups -OCH3 is 1. The lowest BCUT2D eigenvalue weighted by atomic mass is 10.3. The fourth-order valence-electron chi connectivity index (χ4n) is 1.75. The zero-order chi connectivity index (χ0) is 15.5. The van der Waals surface area contributed by atoms with Gasteiger partial charge in [0.15, 0.2) is 0 Å². The highest BCUT2D eigenvalue weighted by atomic mass is 35.5. The number of hydrogen-bond acceptors (Lipinski definition) is 5. The van der Waals surface area contributed by atoms with E-state index in [2.05, 4.69) is 15.0 Å². The molecular formula is C13H14ClN3O3S. The van der Waals surface area contributed by atoms with E-state index in [1.54, 1.807) is 25.2 Å². The van der Waals surface area contributed by atoms with Crippen molar-refractivity contribution in [1.29, 1.82) is 0 Å². The van der Waals surface area contributed by atoms with Crippen LogP contribution in [0, 0.1) is 0 Å². The summed E-state index contributed by atoms with van der Waals surface area (Å²) in [6.45, 7) is 0. The van der Waals surface area contributed by atoms with E-state index in [-0.39, 0.29) is 16.4 Å². The molecule has 0 saturated heterocycles. The molecule has 1 heterocycles. The minimum Gasteiger partial charge on any atom is -0.495 e. The van der Waals surface area contributed by atoms with Gasteiger partial charge in [-0.05, 0) is 30.3 Å². The van der Waals surface area contributed by atoms with Crippen molar-refractivity contribution in [1.82, 2.24) is 4.98 Å². The van der Waals surface area contributed by atoms with Crippen LogP contribution in [0.5, 0.6) is 5.75 Å². The molecular weight excluding hydrogens is 314 g/mol. The van der Waals surface area contributed by atoms with Crippen LogP contribution in [-0.2, 0) is 10.0 Å². The molecule has 0 amide bonds. The van der Waals surface area contributed by atoms with Crippen LogP contribution in [-0.4, -0.2) is 27.6 Å². The van der Waals surface area contributed by atoms with Gasteiger partial charge in [-0.1, -0.05) is 11.6 Å².